The largest absolute Gasteiger partial charge is 0.352 e. The van der Waals surface area contributed by atoms with Gasteiger partial charge in [-0.2, -0.15) is 0 Å². The van der Waals surface area contributed by atoms with E-state index in [9.17, 15) is 4.79 Å². The molecule has 0 radical (unpaired) electrons. The molecule has 94 valence electrons. The van der Waals surface area contributed by atoms with Crippen molar-refractivity contribution in [2.24, 2.45) is 5.92 Å². The van der Waals surface area contributed by atoms with Crippen LogP contribution in [-0.2, 0) is 4.79 Å². The molecular weight excluding hydrogens is 200 g/mol. The molecule has 1 fully saturated rings. The van der Waals surface area contributed by atoms with Crippen LogP contribution >= 0.6 is 0 Å². The van der Waals surface area contributed by atoms with Crippen molar-refractivity contribution in [1.29, 1.82) is 0 Å². The fourth-order valence-corrected chi connectivity index (χ4v) is 1.97. The minimum atomic E-state index is -0.453. The predicted octanol–water partition coefficient (Wildman–Crippen LogP) is 2.07. The second-order valence-corrected chi connectivity index (χ2v) is 5.41. The standard InChI is InChI=1S/C13H26N2O/c1-5-11(9-10-7-8-10)15-12(16)13(3,4)14-6-2/h10-11,14H,5-9H2,1-4H3,(H,15,16). The first-order valence-electron chi connectivity index (χ1n) is 6.55. The maximum atomic E-state index is 12.1. The topological polar surface area (TPSA) is 41.1 Å². The van der Waals surface area contributed by atoms with Crippen molar-refractivity contribution in [2.45, 2.75) is 65.0 Å². The normalized spacial score (nSPS) is 18.2. The third kappa shape index (κ3) is 4.12. The number of rotatable bonds is 7. The van der Waals surface area contributed by atoms with E-state index in [2.05, 4.69) is 17.6 Å². The van der Waals surface area contributed by atoms with E-state index >= 15 is 0 Å². The summed E-state index contributed by atoms with van der Waals surface area (Å²) < 4.78 is 0. The molecule has 0 spiro atoms. The van der Waals surface area contributed by atoms with Gasteiger partial charge in [0.05, 0.1) is 5.54 Å². The summed E-state index contributed by atoms with van der Waals surface area (Å²) in [5.74, 6) is 0.995. The maximum Gasteiger partial charge on any atom is 0.239 e. The molecule has 1 aliphatic rings. The van der Waals surface area contributed by atoms with Crippen LogP contribution in [-0.4, -0.2) is 24.0 Å². The van der Waals surface area contributed by atoms with Gasteiger partial charge in [-0.15, -0.1) is 0 Å². The minimum Gasteiger partial charge on any atom is -0.352 e. The molecule has 1 unspecified atom stereocenters. The molecule has 0 heterocycles. The number of hydrogen-bond donors (Lipinski definition) is 2. The Bertz CT molecular complexity index is 234. The van der Waals surface area contributed by atoms with Crippen molar-refractivity contribution in [3.63, 3.8) is 0 Å². The fraction of sp³-hybridized carbons (Fsp3) is 0.923. The van der Waals surface area contributed by atoms with Crippen LogP contribution in [0.15, 0.2) is 0 Å². The Morgan fingerprint density at radius 1 is 1.38 bits per heavy atom. The highest BCUT2D eigenvalue weighted by molar-refractivity contribution is 5.85. The minimum absolute atomic E-state index is 0.127. The van der Waals surface area contributed by atoms with Crippen LogP contribution in [0.3, 0.4) is 0 Å². The monoisotopic (exact) mass is 226 g/mol. The lowest BCUT2D eigenvalue weighted by Crippen LogP contribution is -2.54. The predicted molar refractivity (Wildman–Crippen MR) is 67.3 cm³/mol. The summed E-state index contributed by atoms with van der Waals surface area (Å²) in [6, 6.07) is 0.359. The van der Waals surface area contributed by atoms with Crippen LogP contribution < -0.4 is 10.6 Å². The van der Waals surface area contributed by atoms with Gasteiger partial charge >= 0.3 is 0 Å². The summed E-state index contributed by atoms with van der Waals surface area (Å²) in [5.41, 5.74) is -0.453. The average Bonchev–Trinajstić information content (AvgIpc) is 3.00. The van der Waals surface area contributed by atoms with Crippen molar-refractivity contribution < 1.29 is 4.79 Å². The molecule has 1 atom stereocenters. The van der Waals surface area contributed by atoms with Gasteiger partial charge in [0, 0.05) is 6.04 Å². The summed E-state index contributed by atoms with van der Waals surface area (Å²) in [6.45, 7) is 8.87. The first-order valence-corrected chi connectivity index (χ1v) is 6.55. The first kappa shape index (κ1) is 13.5. The Labute approximate surface area is 99.4 Å². The number of carbonyl (C=O) groups is 1. The molecule has 1 aliphatic carbocycles. The van der Waals surface area contributed by atoms with E-state index in [1.165, 1.54) is 12.8 Å². The molecule has 16 heavy (non-hydrogen) atoms. The van der Waals surface area contributed by atoms with E-state index in [0.29, 0.717) is 6.04 Å². The molecule has 0 aromatic rings. The zero-order valence-corrected chi connectivity index (χ0v) is 11.1. The smallest absolute Gasteiger partial charge is 0.239 e. The number of likely N-dealkylation sites (N-methyl/N-ethyl adjacent to an activating group) is 1. The Kier molecular flexibility index (Phi) is 4.78. The third-order valence-electron chi connectivity index (χ3n) is 3.33. The maximum absolute atomic E-state index is 12.1. The third-order valence-corrected chi connectivity index (χ3v) is 3.33. The lowest BCUT2D eigenvalue weighted by atomic mass is 10.0. The highest BCUT2D eigenvalue weighted by atomic mass is 16.2. The van der Waals surface area contributed by atoms with Gasteiger partial charge in [-0.3, -0.25) is 4.79 Å². The van der Waals surface area contributed by atoms with E-state index < -0.39 is 5.54 Å². The number of nitrogens with one attached hydrogen (secondary N) is 2. The molecule has 1 rings (SSSR count). The van der Waals surface area contributed by atoms with Gasteiger partial charge in [-0.25, -0.2) is 0 Å². The van der Waals surface area contributed by atoms with Crippen LogP contribution in [0.5, 0.6) is 0 Å². The Morgan fingerprint density at radius 3 is 2.44 bits per heavy atom. The number of hydrogen-bond acceptors (Lipinski definition) is 2. The molecule has 0 aromatic carbocycles. The van der Waals surface area contributed by atoms with E-state index in [0.717, 1.165) is 25.3 Å². The van der Waals surface area contributed by atoms with Crippen molar-refractivity contribution in [1.82, 2.24) is 10.6 Å². The lowest BCUT2D eigenvalue weighted by Gasteiger charge is -2.27. The molecule has 1 amide bonds. The second-order valence-electron chi connectivity index (χ2n) is 5.41. The van der Waals surface area contributed by atoms with Gasteiger partial charge < -0.3 is 10.6 Å². The average molecular weight is 226 g/mol. The molecule has 1 saturated carbocycles. The van der Waals surface area contributed by atoms with E-state index in [1.807, 2.05) is 20.8 Å². The Morgan fingerprint density at radius 2 is 2.00 bits per heavy atom. The Balaban J connectivity index is 2.40. The highest BCUT2D eigenvalue weighted by Crippen LogP contribution is 2.34. The summed E-state index contributed by atoms with van der Waals surface area (Å²) in [7, 11) is 0. The molecule has 2 N–H and O–H groups in total. The molecule has 3 heteroatoms. The summed E-state index contributed by atoms with van der Waals surface area (Å²) in [5, 5.41) is 6.37. The zero-order valence-electron chi connectivity index (χ0n) is 11.1. The van der Waals surface area contributed by atoms with Crippen LogP contribution in [0.2, 0.25) is 0 Å². The molecule has 0 bridgehead atoms. The van der Waals surface area contributed by atoms with Gasteiger partial charge in [0.1, 0.15) is 0 Å². The van der Waals surface area contributed by atoms with Crippen LogP contribution in [0.1, 0.15) is 53.4 Å². The number of amides is 1. The summed E-state index contributed by atoms with van der Waals surface area (Å²) in [4.78, 5) is 12.1. The van der Waals surface area contributed by atoms with Crippen LogP contribution in [0, 0.1) is 5.92 Å². The molecule has 3 nitrogen and oxygen atoms in total. The molecule has 0 saturated heterocycles. The first-order chi connectivity index (χ1) is 7.49. The van der Waals surface area contributed by atoms with Gasteiger partial charge in [0.25, 0.3) is 0 Å². The van der Waals surface area contributed by atoms with E-state index in [1.54, 1.807) is 0 Å². The highest BCUT2D eigenvalue weighted by Gasteiger charge is 2.30. The lowest BCUT2D eigenvalue weighted by molar-refractivity contribution is -0.127. The summed E-state index contributed by atoms with van der Waals surface area (Å²) >= 11 is 0. The van der Waals surface area contributed by atoms with Gasteiger partial charge in [-0.05, 0) is 39.2 Å². The van der Waals surface area contributed by atoms with E-state index in [-0.39, 0.29) is 5.91 Å². The zero-order chi connectivity index (χ0) is 12.2. The quantitative estimate of drug-likeness (QED) is 0.698. The number of carbonyl (C=O) groups excluding carboxylic acids is 1. The van der Waals surface area contributed by atoms with Crippen molar-refractivity contribution >= 4 is 5.91 Å². The summed E-state index contributed by atoms with van der Waals surface area (Å²) in [6.07, 6.45) is 4.89. The van der Waals surface area contributed by atoms with Crippen LogP contribution in [0.25, 0.3) is 0 Å². The van der Waals surface area contributed by atoms with Crippen molar-refractivity contribution in [3.8, 4) is 0 Å². The van der Waals surface area contributed by atoms with Crippen molar-refractivity contribution in [2.75, 3.05) is 6.54 Å². The SMILES string of the molecule is CCNC(C)(C)C(=O)NC(CC)CC1CC1. The van der Waals surface area contributed by atoms with E-state index in [4.69, 9.17) is 0 Å². The fourth-order valence-electron chi connectivity index (χ4n) is 1.97. The van der Waals surface area contributed by atoms with Crippen LogP contribution in [0.4, 0.5) is 0 Å². The molecule has 0 aromatic heterocycles. The van der Waals surface area contributed by atoms with Crippen molar-refractivity contribution in [3.05, 3.63) is 0 Å². The second kappa shape index (κ2) is 5.67. The van der Waals surface area contributed by atoms with Gasteiger partial charge in [0.2, 0.25) is 5.91 Å². The molecule has 0 aliphatic heterocycles. The Hall–Kier alpha value is -0.570. The van der Waals surface area contributed by atoms with Gasteiger partial charge in [0.15, 0.2) is 0 Å². The van der Waals surface area contributed by atoms with Gasteiger partial charge in [-0.1, -0.05) is 26.7 Å². The molecular formula is C13H26N2O.